The molecule has 0 aromatic heterocycles. The Labute approximate surface area is 130 Å². The van der Waals surface area contributed by atoms with Crippen molar-refractivity contribution >= 4 is 0 Å². The van der Waals surface area contributed by atoms with E-state index in [9.17, 15) is 0 Å². The van der Waals surface area contributed by atoms with Crippen LogP contribution in [0.4, 0.5) is 0 Å². The fraction of sp³-hybridized carbons (Fsp3) is 1.00. The van der Waals surface area contributed by atoms with Crippen molar-refractivity contribution in [2.24, 2.45) is 11.3 Å². The third kappa shape index (κ3) is 3.46. The van der Waals surface area contributed by atoms with Crippen molar-refractivity contribution in [3.63, 3.8) is 0 Å². The molecule has 0 radical (unpaired) electrons. The lowest BCUT2D eigenvalue weighted by molar-refractivity contribution is -0.0696. The molecule has 1 aliphatic carbocycles. The minimum Gasteiger partial charge on any atom is -0.372 e. The molecular formula is C18H34N2O. The van der Waals surface area contributed by atoms with Crippen molar-refractivity contribution in [3.05, 3.63) is 0 Å². The second-order valence-corrected chi connectivity index (χ2v) is 8.52. The van der Waals surface area contributed by atoms with Gasteiger partial charge in [-0.15, -0.1) is 0 Å². The number of ether oxygens (including phenoxy) is 1. The molecule has 2 aliphatic heterocycles. The zero-order valence-electron chi connectivity index (χ0n) is 14.4. The fourth-order valence-corrected chi connectivity index (χ4v) is 4.75. The Morgan fingerprint density at radius 2 is 1.71 bits per heavy atom. The molecule has 3 aliphatic rings. The van der Waals surface area contributed by atoms with Crippen LogP contribution in [0.25, 0.3) is 0 Å². The highest BCUT2D eigenvalue weighted by atomic mass is 16.5. The van der Waals surface area contributed by atoms with Crippen LogP contribution in [0, 0.1) is 11.3 Å². The first-order chi connectivity index (χ1) is 9.97. The Bertz CT molecular complexity index is 340. The van der Waals surface area contributed by atoms with E-state index < -0.39 is 0 Å². The Hall–Kier alpha value is -0.120. The quantitative estimate of drug-likeness (QED) is 0.866. The van der Waals surface area contributed by atoms with E-state index in [0.29, 0.717) is 23.7 Å². The smallest absolute Gasteiger partial charge is 0.0707 e. The lowest BCUT2D eigenvalue weighted by atomic mass is 9.69. The van der Waals surface area contributed by atoms with Gasteiger partial charge in [-0.3, -0.25) is 4.90 Å². The molecule has 0 aromatic carbocycles. The van der Waals surface area contributed by atoms with Crippen LogP contribution in [0.15, 0.2) is 0 Å². The van der Waals surface area contributed by atoms with Gasteiger partial charge in [0.25, 0.3) is 0 Å². The van der Waals surface area contributed by atoms with Crippen LogP contribution in [0.3, 0.4) is 0 Å². The average molecular weight is 294 g/mol. The first-order valence-electron chi connectivity index (χ1n) is 9.10. The van der Waals surface area contributed by atoms with Crippen molar-refractivity contribution in [2.45, 2.75) is 84.1 Å². The van der Waals surface area contributed by atoms with Gasteiger partial charge in [0.15, 0.2) is 0 Å². The second-order valence-electron chi connectivity index (χ2n) is 8.52. The molecule has 2 bridgehead atoms. The normalized spacial score (nSPS) is 41.4. The first-order valence-corrected chi connectivity index (χ1v) is 9.10. The average Bonchev–Trinajstić information content (AvgIpc) is 2.77. The molecule has 1 saturated carbocycles. The number of likely N-dealkylation sites (tertiary alicyclic amines) is 1. The van der Waals surface area contributed by atoms with Crippen molar-refractivity contribution < 1.29 is 4.74 Å². The summed E-state index contributed by atoms with van der Waals surface area (Å²) in [6.07, 6.45) is 7.68. The molecule has 3 fully saturated rings. The molecule has 3 heteroatoms. The largest absolute Gasteiger partial charge is 0.372 e. The van der Waals surface area contributed by atoms with Crippen LogP contribution >= 0.6 is 0 Å². The molecular weight excluding hydrogens is 260 g/mol. The van der Waals surface area contributed by atoms with Crippen LogP contribution in [0.2, 0.25) is 0 Å². The number of hydrogen-bond acceptors (Lipinski definition) is 3. The molecule has 3 rings (SSSR count). The molecule has 2 saturated heterocycles. The van der Waals surface area contributed by atoms with E-state index in [0.717, 1.165) is 18.5 Å². The Morgan fingerprint density at radius 1 is 1.05 bits per heavy atom. The summed E-state index contributed by atoms with van der Waals surface area (Å²) >= 11 is 0. The third-order valence-electron chi connectivity index (χ3n) is 6.05. The summed E-state index contributed by atoms with van der Waals surface area (Å²) in [7, 11) is 0. The molecule has 5 atom stereocenters. The van der Waals surface area contributed by atoms with Gasteiger partial charge in [-0.1, -0.05) is 27.7 Å². The molecule has 0 amide bonds. The molecule has 5 unspecified atom stereocenters. The Kier molecular flexibility index (Phi) is 4.63. The number of nitrogens with zero attached hydrogens (tertiary/aromatic N) is 1. The summed E-state index contributed by atoms with van der Waals surface area (Å²) in [5.41, 5.74) is 0.445. The number of morpholine rings is 1. The molecule has 1 N–H and O–H groups in total. The topological polar surface area (TPSA) is 24.5 Å². The summed E-state index contributed by atoms with van der Waals surface area (Å²) in [5.74, 6) is 0.859. The summed E-state index contributed by atoms with van der Waals surface area (Å²) < 4.78 is 6.05. The molecule has 21 heavy (non-hydrogen) atoms. The van der Waals surface area contributed by atoms with Gasteiger partial charge in [0, 0.05) is 25.2 Å². The second kappa shape index (κ2) is 6.17. The summed E-state index contributed by atoms with van der Waals surface area (Å²) in [6.45, 7) is 12.9. The van der Waals surface area contributed by atoms with Crippen molar-refractivity contribution in [1.82, 2.24) is 10.2 Å². The van der Waals surface area contributed by atoms with Crippen molar-refractivity contribution in [3.8, 4) is 0 Å². The summed E-state index contributed by atoms with van der Waals surface area (Å²) in [6, 6.07) is 1.40. The molecule has 2 heterocycles. The van der Waals surface area contributed by atoms with Gasteiger partial charge in [0.1, 0.15) is 0 Å². The summed E-state index contributed by atoms with van der Waals surface area (Å²) in [5, 5.41) is 3.77. The van der Waals surface area contributed by atoms with Crippen LogP contribution in [-0.2, 0) is 4.74 Å². The molecule has 0 aromatic rings. The number of likely N-dealkylation sites (N-methyl/N-ethyl adjacent to an activating group) is 1. The van der Waals surface area contributed by atoms with E-state index in [1.807, 2.05) is 0 Å². The van der Waals surface area contributed by atoms with Crippen molar-refractivity contribution in [2.75, 3.05) is 19.6 Å². The number of fused-ring (bicyclic) bond motifs is 2. The minimum atomic E-state index is 0.445. The first kappa shape index (κ1) is 15.8. The van der Waals surface area contributed by atoms with Gasteiger partial charge in [-0.05, 0) is 50.0 Å². The zero-order chi connectivity index (χ0) is 15.0. The monoisotopic (exact) mass is 294 g/mol. The van der Waals surface area contributed by atoms with Gasteiger partial charge < -0.3 is 10.1 Å². The summed E-state index contributed by atoms with van der Waals surface area (Å²) in [4.78, 5) is 2.77. The fourth-order valence-electron chi connectivity index (χ4n) is 4.75. The van der Waals surface area contributed by atoms with E-state index >= 15 is 0 Å². The van der Waals surface area contributed by atoms with E-state index in [4.69, 9.17) is 4.74 Å². The zero-order valence-corrected chi connectivity index (χ0v) is 14.4. The highest BCUT2D eigenvalue weighted by Crippen LogP contribution is 2.40. The standard InChI is InChI=1S/C18H34N2O/c1-5-19-16-9-6-13(18(2,3)4)10-17(16)20-11-14-7-8-15(12-20)21-14/h13-17,19H,5-12H2,1-4H3. The van der Waals surface area contributed by atoms with E-state index in [1.165, 1.54) is 45.2 Å². The van der Waals surface area contributed by atoms with E-state index in [-0.39, 0.29) is 0 Å². The lowest BCUT2D eigenvalue weighted by Gasteiger charge is -2.48. The number of hydrogen-bond donors (Lipinski definition) is 1. The molecule has 0 spiro atoms. The van der Waals surface area contributed by atoms with Gasteiger partial charge in [-0.25, -0.2) is 0 Å². The highest BCUT2D eigenvalue weighted by Gasteiger charge is 2.42. The molecule has 3 nitrogen and oxygen atoms in total. The Morgan fingerprint density at radius 3 is 2.29 bits per heavy atom. The Balaban J connectivity index is 1.71. The highest BCUT2D eigenvalue weighted by molar-refractivity contribution is 4.97. The van der Waals surface area contributed by atoms with Crippen LogP contribution in [0.5, 0.6) is 0 Å². The maximum atomic E-state index is 6.05. The maximum absolute atomic E-state index is 6.05. The van der Waals surface area contributed by atoms with Gasteiger partial charge in [-0.2, -0.15) is 0 Å². The maximum Gasteiger partial charge on any atom is 0.0707 e. The lowest BCUT2D eigenvalue weighted by Crippen LogP contribution is -2.58. The van der Waals surface area contributed by atoms with Crippen molar-refractivity contribution in [1.29, 1.82) is 0 Å². The minimum absolute atomic E-state index is 0.445. The SMILES string of the molecule is CCNC1CCC(C(C)(C)C)CC1N1CC2CCC(C1)O2. The van der Waals surface area contributed by atoms with Crippen LogP contribution in [-0.4, -0.2) is 48.8 Å². The number of nitrogens with one attached hydrogen (secondary N) is 1. The van der Waals surface area contributed by atoms with Gasteiger partial charge in [0.05, 0.1) is 12.2 Å². The van der Waals surface area contributed by atoms with Gasteiger partial charge in [0.2, 0.25) is 0 Å². The van der Waals surface area contributed by atoms with E-state index in [2.05, 4.69) is 37.9 Å². The van der Waals surface area contributed by atoms with Gasteiger partial charge >= 0.3 is 0 Å². The van der Waals surface area contributed by atoms with Crippen LogP contribution < -0.4 is 5.32 Å². The third-order valence-corrected chi connectivity index (χ3v) is 6.05. The predicted molar refractivity (Wildman–Crippen MR) is 87.5 cm³/mol. The molecule has 122 valence electrons. The predicted octanol–water partition coefficient (Wildman–Crippen LogP) is 3.04. The number of rotatable bonds is 3. The van der Waals surface area contributed by atoms with Crippen LogP contribution in [0.1, 0.15) is 59.8 Å². The van der Waals surface area contributed by atoms with E-state index in [1.54, 1.807) is 0 Å².